The average molecular weight is 438 g/mol. The maximum absolute atomic E-state index is 12.6. The molecule has 1 aliphatic carbocycles. The van der Waals surface area contributed by atoms with Gasteiger partial charge in [-0.1, -0.05) is 18.6 Å². The molecule has 1 fully saturated rings. The van der Waals surface area contributed by atoms with E-state index in [2.05, 4.69) is 45.1 Å². The maximum atomic E-state index is 12.6. The summed E-state index contributed by atoms with van der Waals surface area (Å²) in [6.45, 7) is 3.25. The minimum absolute atomic E-state index is 0.0432. The number of fused-ring (bicyclic) bond motifs is 1. The van der Waals surface area contributed by atoms with Crippen molar-refractivity contribution in [3.63, 3.8) is 0 Å². The summed E-state index contributed by atoms with van der Waals surface area (Å²) in [5, 5.41) is 9.37. The van der Waals surface area contributed by atoms with Gasteiger partial charge in [-0.25, -0.2) is 4.68 Å². The van der Waals surface area contributed by atoms with Crippen LogP contribution in [0.15, 0.2) is 60.1 Å². The van der Waals surface area contributed by atoms with E-state index in [4.69, 9.17) is 0 Å². The highest BCUT2D eigenvalue weighted by Gasteiger charge is 2.38. The molecule has 0 N–H and O–H groups in total. The molecular weight excluding hydrogens is 417 g/mol. The van der Waals surface area contributed by atoms with E-state index in [1.165, 1.54) is 24.4 Å². The number of rotatable bonds is 6. The molecule has 0 spiro atoms. The zero-order valence-electron chi connectivity index (χ0n) is 17.3. The Hall–Kier alpha value is -3.49. The number of halogens is 3. The van der Waals surface area contributed by atoms with Crippen LogP contribution in [0.1, 0.15) is 24.8 Å². The van der Waals surface area contributed by atoms with E-state index in [0.717, 1.165) is 34.1 Å². The maximum Gasteiger partial charge on any atom is 0.408 e. The molecule has 164 valence electrons. The molecule has 0 aliphatic heterocycles. The molecule has 5 rings (SSSR count). The van der Waals surface area contributed by atoms with Gasteiger partial charge in [-0.05, 0) is 43.3 Å². The molecule has 0 atom stereocenters. The summed E-state index contributed by atoms with van der Waals surface area (Å²) in [5.74, 6) is 0. The Bertz CT molecular complexity index is 1280. The van der Waals surface area contributed by atoms with Gasteiger partial charge >= 0.3 is 6.18 Å². The predicted molar refractivity (Wildman–Crippen MR) is 116 cm³/mol. The van der Waals surface area contributed by atoms with Crippen molar-refractivity contribution in [1.82, 2.24) is 24.5 Å². The average Bonchev–Trinajstić information content (AvgIpc) is 3.36. The van der Waals surface area contributed by atoms with E-state index in [1.807, 2.05) is 10.7 Å². The molecule has 3 aromatic heterocycles. The normalized spacial score (nSPS) is 15.6. The topological polar surface area (TPSA) is 60.9 Å². The van der Waals surface area contributed by atoms with Gasteiger partial charge in [-0.15, -0.1) is 0 Å². The van der Waals surface area contributed by atoms with Crippen molar-refractivity contribution in [2.75, 3.05) is 6.54 Å². The van der Waals surface area contributed by atoms with Crippen molar-refractivity contribution in [2.24, 2.45) is 4.99 Å². The fraction of sp³-hybridized carbons (Fsp3) is 0.304. The van der Waals surface area contributed by atoms with E-state index >= 15 is 0 Å². The van der Waals surface area contributed by atoms with Crippen LogP contribution in [0, 0.1) is 0 Å². The lowest BCUT2D eigenvalue weighted by atomic mass is 9.64. The van der Waals surface area contributed by atoms with E-state index in [-0.39, 0.29) is 5.41 Å². The van der Waals surface area contributed by atoms with Crippen LogP contribution in [0.4, 0.5) is 13.2 Å². The molecule has 0 bridgehead atoms. The molecule has 32 heavy (non-hydrogen) atoms. The zero-order chi connectivity index (χ0) is 22.3. The number of pyridine rings is 1. The highest BCUT2D eigenvalue weighted by atomic mass is 19.4. The number of benzene rings is 1. The van der Waals surface area contributed by atoms with E-state index in [0.29, 0.717) is 17.8 Å². The van der Waals surface area contributed by atoms with Crippen LogP contribution in [0.5, 0.6) is 0 Å². The monoisotopic (exact) mass is 438 g/mol. The first-order valence-electron chi connectivity index (χ1n) is 10.3. The molecule has 1 aliphatic rings. The van der Waals surface area contributed by atoms with Crippen LogP contribution < -0.4 is 0 Å². The van der Waals surface area contributed by atoms with Crippen molar-refractivity contribution < 1.29 is 13.2 Å². The van der Waals surface area contributed by atoms with Crippen molar-refractivity contribution in [3.8, 4) is 16.9 Å². The van der Waals surface area contributed by atoms with E-state index in [9.17, 15) is 13.2 Å². The van der Waals surface area contributed by atoms with Crippen molar-refractivity contribution in [2.45, 2.75) is 37.4 Å². The van der Waals surface area contributed by atoms with Gasteiger partial charge in [0, 0.05) is 35.3 Å². The second-order valence-electron chi connectivity index (χ2n) is 8.29. The van der Waals surface area contributed by atoms with Gasteiger partial charge in [0.25, 0.3) is 0 Å². The smallest absolute Gasteiger partial charge is 0.300 e. The number of hydrogen-bond donors (Lipinski definition) is 0. The standard InChI is InChI=1S/C23H21F3N6/c1-27-14-22(6-2-7-22)18-4-3-16-11-30-32(21(16)9-18)19-5-8-28-20(10-19)17-12-29-31(13-17)15-23(24,25)26/h3-5,8-13H,1-2,6-7,14-15H2. The summed E-state index contributed by atoms with van der Waals surface area (Å²) in [6, 6.07) is 10.0. The molecule has 0 unspecified atom stereocenters. The van der Waals surface area contributed by atoms with Gasteiger partial charge in [-0.3, -0.25) is 9.67 Å². The molecule has 4 aromatic rings. The van der Waals surface area contributed by atoms with Crippen LogP contribution in [0.2, 0.25) is 0 Å². The Kier molecular flexibility index (Phi) is 4.83. The number of nitrogens with zero attached hydrogens (tertiary/aromatic N) is 6. The predicted octanol–water partition coefficient (Wildman–Crippen LogP) is 4.97. The summed E-state index contributed by atoms with van der Waals surface area (Å²) in [4.78, 5) is 8.48. The Morgan fingerprint density at radius 3 is 2.66 bits per heavy atom. The second-order valence-corrected chi connectivity index (χ2v) is 8.29. The quantitative estimate of drug-likeness (QED) is 0.400. The Morgan fingerprint density at radius 2 is 1.94 bits per heavy atom. The first-order valence-corrected chi connectivity index (χ1v) is 10.3. The van der Waals surface area contributed by atoms with Gasteiger partial charge in [0.1, 0.15) is 6.54 Å². The molecule has 0 amide bonds. The highest BCUT2D eigenvalue weighted by molar-refractivity contribution is 5.81. The van der Waals surface area contributed by atoms with Crippen LogP contribution in [-0.2, 0) is 12.0 Å². The Balaban J connectivity index is 1.51. The van der Waals surface area contributed by atoms with Crippen molar-refractivity contribution in [1.29, 1.82) is 0 Å². The summed E-state index contributed by atoms with van der Waals surface area (Å²) in [5.41, 5.74) is 4.05. The largest absolute Gasteiger partial charge is 0.408 e. The highest BCUT2D eigenvalue weighted by Crippen LogP contribution is 2.44. The molecule has 6 nitrogen and oxygen atoms in total. The van der Waals surface area contributed by atoms with Gasteiger partial charge in [0.05, 0.1) is 29.3 Å². The lowest BCUT2D eigenvalue weighted by Crippen LogP contribution is -2.37. The van der Waals surface area contributed by atoms with Crippen molar-refractivity contribution >= 4 is 17.6 Å². The summed E-state index contributed by atoms with van der Waals surface area (Å²) < 4.78 is 40.6. The molecule has 1 saturated carbocycles. The van der Waals surface area contributed by atoms with E-state index < -0.39 is 12.7 Å². The molecule has 9 heteroatoms. The van der Waals surface area contributed by atoms with Crippen LogP contribution in [0.25, 0.3) is 27.8 Å². The molecular formula is C23H21F3N6. The van der Waals surface area contributed by atoms with E-state index in [1.54, 1.807) is 18.5 Å². The van der Waals surface area contributed by atoms with Gasteiger partial charge < -0.3 is 4.99 Å². The lowest BCUT2D eigenvalue weighted by molar-refractivity contribution is -0.142. The Labute approximate surface area is 182 Å². The third-order valence-corrected chi connectivity index (χ3v) is 6.17. The number of hydrogen-bond acceptors (Lipinski definition) is 4. The SMILES string of the molecule is C=NCC1(c2ccc3cnn(-c4ccnc(-c5cnn(CC(F)(F)F)c5)c4)c3c2)CCC1. The fourth-order valence-electron chi connectivity index (χ4n) is 4.38. The third kappa shape index (κ3) is 3.68. The number of alkyl halides is 3. The second kappa shape index (κ2) is 7.58. The van der Waals surface area contributed by atoms with Crippen LogP contribution in [0.3, 0.4) is 0 Å². The molecule has 3 heterocycles. The lowest BCUT2D eigenvalue weighted by Gasteiger charge is -2.41. The van der Waals surface area contributed by atoms with Gasteiger partial charge in [-0.2, -0.15) is 23.4 Å². The number of aliphatic imine (C=N–C) groups is 1. The summed E-state index contributed by atoms with van der Waals surface area (Å²) >= 11 is 0. The minimum atomic E-state index is -4.33. The van der Waals surface area contributed by atoms with Crippen LogP contribution in [-0.4, -0.2) is 44.0 Å². The molecule has 1 aromatic carbocycles. The van der Waals surface area contributed by atoms with Crippen molar-refractivity contribution in [3.05, 3.63) is 60.7 Å². The summed E-state index contributed by atoms with van der Waals surface area (Å²) in [7, 11) is 0. The number of aromatic nitrogens is 5. The third-order valence-electron chi connectivity index (χ3n) is 6.17. The zero-order valence-corrected chi connectivity index (χ0v) is 17.3. The fourth-order valence-corrected chi connectivity index (χ4v) is 4.38. The van der Waals surface area contributed by atoms with Gasteiger partial charge in [0.15, 0.2) is 0 Å². The molecule has 0 saturated heterocycles. The first kappa shape index (κ1) is 20.4. The molecule has 0 radical (unpaired) electrons. The van der Waals surface area contributed by atoms with Crippen LogP contribution >= 0.6 is 0 Å². The summed E-state index contributed by atoms with van der Waals surface area (Å²) in [6.07, 6.45) is 5.20. The Morgan fingerprint density at radius 1 is 1.09 bits per heavy atom. The van der Waals surface area contributed by atoms with Gasteiger partial charge in [0.2, 0.25) is 0 Å². The minimum Gasteiger partial charge on any atom is -0.300 e. The first-order chi connectivity index (χ1) is 15.4.